The predicted octanol–water partition coefficient (Wildman–Crippen LogP) is 4.74. The Hall–Kier alpha value is -1.09. The Morgan fingerprint density at radius 1 is 0.647 bits per heavy atom. The van der Waals surface area contributed by atoms with E-state index < -0.39 is 0 Å². The molecule has 2 aromatic rings. The van der Waals surface area contributed by atoms with Crippen molar-refractivity contribution in [3.63, 3.8) is 0 Å². The molecule has 0 aliphatic heterocycles. The molecule has 5 heteroatoms. The van der Waals surface area contributed by atoms with E-state index in [0.29, 0.717) is 15.1 Å². The Labute approximate surface area is 114 Å². The summed E-state index contributed by atoms with van der Waals surface area (Å²) < 4.78 is 0. The Morgan fingerprint density at radius 3 is 1.59 bits per heavy atom. The lowest BCUT2D eigenvalue weighted by Crippen LogP contribution is -1.66. The molecule has 2 aromatic carbocycles. The maximum atomic E-state index is 8.79. The molecule has 0 bridgehead atoms. The standard InChI is InChI=1S/C6H4Cl2O.C6H5ClO/c7-5-2-1-4(9)3-6(5)8;7-5-1-3-6(8)4-2-5/h1-3,9H;1-4,8H. The van der Waals surface area contributed by atoms with Gasteiger partial charge in [-0.25, -0.2) is 0 Å². The van der Waals surface area contributed by atoms with E-state index in [1.54, 1.807) is 30.3 Å². The molecule has 0 aromatic heterocycles. The molecule has 0 saturated carbocycles. The van der Waals surface area contributed by atoms with Crippen LogP contribution in [-0.4, -0.2) is 10.2 Å². The average molecular weight is 292 g/mol. The van der Waals surface area contributed by atoms with Crippen LogP contribution in [0.5, 0.6) is 11.5 Å². The van der Waals surface area contributed by atoms with E-state index in [-0.39, 0.29) is 11.5 Å². The van der Waals surface area contributed by atoms with Crippen LogP contribution in [0.1, 0.15) is 0 Å². The van der Waals surface area contributed by atoms with E-state index >= 15 is 0 Å². The van der Waals surface area contributed by atoms with E-state index in [9.17, 15) is 0 Å². The highest BCUT2D eigenvalue weighted by Crippen LogP contribution is 2.25. The number of halogens is 3. The zero-order valence-corrected chi connectivity index (χ0v) is 10.8. The van der Waals surface area contributed by atoms with E-state index in [4.69, 9.17) is 45.0 Å². The summed E-state index contributed by atoms with van der Waals surface area (Å²) in [5.74, 6) is 0.374. The van der Waals surface area contributed by atoms with Crippen LogP contribution < -0.4 is 0 Å². The molecule has 0 unspecified atom stereocenters. The highest BCUT2D eigenvalue weighted by atomic mass is 35.5. The van der Waals surface area contributed by atoms with Crippen LogP contribution in [0.25, 0.3) is 0 Å². The molecular formula is C12H9Cl3O2. The van der Waals surface area contributed by atoms with Crippen molar-refractivity contribution in [3.05, 3.63) is 57.5 Å². The van der Waals surface area contributed by atoms with Gasteiger partial charge in [-0.3, -0.25) is 0 Å². The Bertz CT molecular complexity index is 463. The van der Waals surface area contributed by atoms with Gasteiger partial charge < -0.3 is 10.2 Å². The van der Waals surface area contributed by atoms with Crippen LogP contribution in [0.3, 0.4) is 0 Å². The molecule has 0 aliphatic rings. The van der Waals surface area contributed by atoms with Crippen LogP contribution in [0.15, 0.2) is 42.5 Å². The van der Waals surface area contributed by atoms with E-state index in [2.05, 4.69) is 0 Å². The summed E-state index contributed by atoms with van der Waals surface area (Å²) in [4.78, 5) is 0. The lowest BCUT2D eigenvalue weighted by atomic mass is 10.3. The van der Waals surface area contributed by atoms with Gasteiger partial charge in [0.1, 0.15) is 11.5 Å². The highest BCUT2D eigenvalue weighted by molar-refractivity contribution is 6.42. The van der Waals surface area contributed by atoms with Gasteiger partial charge in [0.2, 0.25) is 0 Å². The molecule has 0 heterocycles. The van der Waals surface area contributed by atoms with E-state index in [1.807, 2.05) is 0 Å². The van der Waals surface area contributed by atoms with Crippen LogP contribution in [-0.2, 0) is 0 Å². The molecule has 2 rings (SSSR count). The molecule has 0 radical (unpaired) electrons. The second-order valence-electron chi connectivity index (χ2n) is 3.07. The summed E-state index contributed by atoms with van der Waals surface area (Å²) in [5, 5.41) is 19.0. The third-order valence-electron chi connectivity index (χ3n) is 1.73. The summed E-state index contributed by atoms with van der Waals surface area (Å²) >= 11 is 16.6. The summed E-state index contributed by atoms with van der Waals surface area (Å²) in [7, 11) is 0. The summed E-state index contributed by atoms with van der Waals surface area (Å²) in [5.41, 5.74) is 0. The molecule has 2 nitrogen and oxygen atoms in total. The molecule has 0 spiro atoms. The average Bonchev–Trinajstić information content (AvgIpc) is 2.29. The van der Waals surface area contributed by atoms with Gasteiger partial charge in [0.15, 0.2) is 0 Å². The smallest absolute Gasteiger partial charge is 0.117 e. The van der Waals surface area contributed by atoms with Gasteiger partial charge in [-0.2, -0.15) is 0 Å². The van der Waals surface area contributed by atoms with Crippen LogP contribution >= 0.6 is 34.8 Å². The maximum absolute atomic E-state index is 8.79. The summed E-state index contributed by atoms with van der Waals surface area (Å²) in [6.45, 7) is 0. The number of phenolic OH excluding ortho intramolecular Hbond substituents is 2. The minimum atomic E-state index is 0.129. The number of hydrogen-bond donors (Lipinski definition) is 2. The Kier molecular flexibility index (Phi) is 5.42. The topological polar surface area (TPSA) is 40.5 Å². The molecule has 0 atom stereocenters. The fourth-order valence-electron chi connectivity index (χ4n) is 0.926. The van der Waals surface area contributed by atoms with Gasteiger partial charge in [-0.1, -0.05) is 34.8 Å². The van der Waals surface area contributed by atoms with Crippen molar-refractivity contribution in [2.75, 3.05) is 0 Å². The molecular weight excluding hydrogens is 282 g/mol. The van der Waals surface area contributed by atoms with Crippen LogP contribution in [0.2, 0.25) is 15.1 Å². The normalized spacial score (nSPS) is 9.35. The van der Waals surface area contributed by atoms with Crippen LogP contribution in [0, 0.1) is 0 Å². The number of benzene rings is 2. The van der Waals surface area contributed by atoms with E-state index in [0.717, 1.165) is 0 Å². The molecule has 0 saturated heterocycles. The van der Waals surface area contributed by atoms with Gasteiger partial charge in [0.25, 0.3) is 0 Å². The molecule has 0 amide bonds. The van der Waals surface area contributed by atoms with Crippen LogP contribution in [0.4, 0.5) is 0 Å². The first-order valence-corrected chi connectivity index (χ1v) is 5.71. The number of aromatic hydroxyl groups is 2. The Morgan fingerprint density at radius 2 is 1.18 bits per heavy atom. The number of phenols is 2. The second-order valence-corrected chi connectivity index (χ2v) is 4.33. The third kappa shape index (κ3) is 5.18. The first kappa shape index (κ1) is 14.0. The fourth-order valence-corrected chi connectivity index (χ4v) is 1.34. The minimum Gasteiger partial charge on any atom is -0.508 e. The molecule has 2 N–H and O–H groups in total. The number of hydrogen-bond acceptors (Lipinski definition) is 2. The minimum absolute atomic E-state index is 0.129. The highest BCUT2D eigenvalue weighted by Gasteiger charge is 1.95. The van der Waals surface area contributed by atoms with Crippen molar-refractivity contribution >= 4 is 34.8 Å². The summed E-state index contributed by atoms with van der Waals surface area (Å²) in [6.07, 6.45) is 0. The molecule has 17 heavy (non-hydrogen) atoms. The zero-order valence-electron chi connectivity index (χ0n) is 8.57. The lowest BCUT2D eigenvalue weighted by Gasteiger charge is -1.93. The maximum Gasteiger partial charge on any atom is 0.117 e. The van der Waals surface area contributed by atoms with Crippen molar-refractivity contribution in [2.45, 2.75) is 0 Å². The third-order valence-corrected chi connectivity index (χ3v) is 2.72. The van der Waals surface area contributed by atoms with Crippen molar-refractivity contribution in [2.24, 2.45) is 0 Å². The van der Waals surface area contributed by atoms with Crippen molar-refractivity contribution in [1.82, 2.24) is 0 Å². The predicted molar refractivity (Wildman–Crippen MR) is 71.2 cm³/mol. The van der Waals surface area contributed by atoms with Gasteiger partial charge in [0, 0.05) is 5.02 Å². The van der Waals surface area contributed by atoms with Gasteiger partial charge >= 0.3 is 0 Å². The second kappa shape index (κ2) is 6.60. The molecule has 0 fully saturated rings. The largest absolute Gasteiger partial charge is 0.508 e. The molecule has 0 aliphatic carbocycles. The monoisotopic (exact) mass is 290 g/mol. The zero-order chi connectivity index (χ0) is 12.8. The fraction of sp³-hybridized carbons (Fsp3) is 0. The number of rotatable bonds is 0. The summed E-state index contributed by atoms with van der Waals surface area (Å²) in [6, 6.07) is 10.8. The SMILES string of the molecule is Oc1ccc(Cl)c(Cl)c1.Oc1ccc(Cl)cc1. The quantitative estimate of drug-likeness (QED) is 0.735. The van der Waals surface area contributed by atoms with Gasteiger partial charge in [0.05, 0.1) is 10.0 Å². The first-order chi connectivity index (χ1) is 7.99. The first-order valence-electron chi connectivity index (χ1n) is 4.57. The van der Waals surface area contributed by atoms with Gasteiger partial charge in [-0.05, 0) is 42.5 Å². The van der Waals surface area contributed by atoms with Crippen molar-refractivity contribution < 1.29 is 10.2 Å². The molecule has 90 valence electrons. The van der Waals surface area contributed by atoms with Crippen molar-refractivity contribution in [3.8, 4) is 11.5 Å². The van der Waals surface area contributed by atoms with E-state index in [1.165, 1.54) is 12.1 Å². The van der Waals surface area contributed by atoms with Gasteiger partial charge in [-0.15, -0.1) is 0 Å². The lowest BCUT2D eigenvalue weighted by molar-refractivity contribution is 0.475. The van der Waals surface area contributed by atoms with Crippen molar-refractivity contribution in [1.29, 1.82) is 0 Å². The Balaban J connectivity index is 0.000000171.